The summed E-state index contributed by atoms with van der Waals surface area (Å²) in [5, 5.41) is 23.5. The minimum atomic E-state index is -2.02. The van der Waals surface area contributed by atoms with Gasteiger partial charge in [0.05, 0.1) is 52.7 Å². The van der Waals surface area contributed by atoms with Gasteiger partial charge in [-0.2, -0.15) is 0 Å². The van der Waals surface area contributed by atoms with E-state index in [2.05, 4.69) is 72.0 Å². The number of hydrogen-bond donors (Lipinski definition) is 2. The molecule has 1 aliphatic heterocycles. The Hall–Kier alpha value is -4.77. The van der Waals surface area contributed by atoms with Crippen molar-refractivity contribution in [2.75, 3.05) is 26.1 Å². The molecule has 1 unspecified atom stereocenters. The molecular formula is C42H50N4O5Si. The van der Waals surface area contributed by atoms with Gasteiger partial charge < -0.3 is 24.6 Å². The summed E-state index contributed by atoms with van der Waals surface area (Å²) >= 11 is 0. The Morgan fingerprint density at radius 2 is 1.54 bits per heavy atom. The Morgan fingerprint density at radius 1 is 0.885 bits per heavy atom. The molecule has 10 heteroatoms. The van der Waals surface area contributed by atoms with Crippen LogP contribution >= 0.6 is 0 Å². The fraction of sp³-hybridized carbons (Fsp3) is 0.357. The number of aryl methyl sites for hydroxylation is 2. The first-order chi connectivity index (χ1) is 25.2. The zero-order chi connectivity index (χ0) is 36.7. The van der Waals surface area contributed by atoms with Crippen molar-refractivity contribution in [3.05, 3.63) is 132 Å². The molecule has 0 bridgehead atoms. The molecule has 1 amide bonds. The quantitative estimate of drug-likeness (QED) is 0.111. The molecule has 5 aromatic rings. The molecule has 5 atom stereocenters. The summed E-state index contributed by atoms with van der Waals surface area (Å²) in [6.45, 7) is 7.94. The van der Waals surface area contributed by atoms with Crippen molar-refractivity contribution in [1.29, 1.82) is 0 Å². The number of amides is 1. The number of nitrogens with one attached hydrogen (secondary N) is 1. The Kier molecular flexibility index (Phi) is 11.9. The fourth-order valence-electron chi connectivity index (χ4n) is 7.82. The number of nitrogens with zero attached hydrogens (tertiary/aromatic N) is 3. The predicted octanol–water partition coefficient (Wildman–Crippen LogP) is 7.08. The maximum absolute atomic E-state index is 12.8. The van der Waals surface area contributed by atoms with E-state index in [4.69, 9.17) is 14.2 Å². The number of anilines is 1. The van der Waals surface area contributed by atoms with E-state index in [1.807, 2.05) is 53.3 Å². The lowest BCUT2D eigenvalue weighted by atomic mass is 9.95. The number of methoxy groups -OCH3 is 2. The van der Waals surface area contributed by atoms with E-state index >= 15 is 0 Å². The molecule has 1 aromatic heterocycles. The summed E-state index contributed by atoms with van der Waals surface area (Å²) in [4.78, 5) is 12.8. The molecule has 1 fully saturated rings. The summed E-state index contributed by atoms with van der Waals surface area (Å²) in [7, 11) is 1.29. The maximum Gasteiger partial charge on any atom is 0.255 e. The first kappa shape index (κ1) is 37.0. The van der Waals surface area contributed by atoms with E-state index in [0.29, 0.717) is 29.3 Å². The minimum absolute atomic E-state index is 0.0293. The van der Waals surface area contributed by atoms with Crippen LogP contribution in [0, 0.1) is 5.92 Å². The van der Waals surface area contributed by atoms with E-state index < -0.39 is 8.07 Å². The van der Waals surface area contributed by atoms with Gasteiger partial charge in [-0.3, -0.25) is 9.48 Å². The van der Waals surface area contributed by atoms with Crippen molar-refractivity contribution >= 4 is 24.9 Å². The average Bonchev–Trinajstić information content (AvgIpc) is 3.78. The number of aromatic nitrogens is 3. The van der Waals surface area contributed by atoms with Gasteiger partial charge in [-0.15, -0.1) is 5.10 Å². The molecule has 272 valence electrons. The highest BCUT2D eigenvalue weighted by molar-refractivity contribution is 6.91. The van der Waals surface area contributed by atoms with Gasteiger partial charge in [-0.1, -0.05) is 85.0 Å². The number of aliphatic hydroxyl groups is 1. The summed E-state index contributed by atoms with van der Waals surface area (Å²) < 4.78 is 19.6. The molecule has 1 saturated heterocycles. The van der Waals surface area contributed by atoms with Gasteiger partial charge in [0.2, 0.25) is 0 Å². The Bertz CT molecular complexity index is 1880. The van der Waals surface area contributed by atoms with Crippen LogP contribution in [0.2, 0.25) is 18.6 Å². The Morgan fingerprint density at radius 3 is 2.17 bits per heavy atom. The van der Waals surface area contributed by atoms with E-state index in [1.54, 1.807) is 38.5 Å². The van der Waals surface area contributed by atoms with Crippen LogP contribution < -0.4 is 20.0 Å². The number of carbonyl (C=O) groups is 1. The van der Waals surface area contributed by atoms with Crippen molar-refractivity contribution in [1.82, 2.24) is 15.0 Å². The van der Waals surface area contributed by atoms with Gasteiger partial charge in [0, 0.05) is 24.0 Å². The zero-order valence-electron chi connectivity index (χ0n) is 30.7. The van der Waals surface area contributed by atoms with Gasteiger partial charge in [0.1, 0.15) is 11.5 Å². The second-order valence-electron chi connectivity index (χ2n) is 14.3. The molecule has 6 rings (SSSR count). The van der Waals surface area contributed by atoms with E-state index in [9.17, 15) is 9.90 Å². The van der Waals surface area contributed by atoms with Crippen molar-refractivity contribution in [2.24, 2.45) is 5.92 Å². The number of aliphatic hydroxyl groups excluding tert-OH is 1. The standard InChI is InChI=1S/C42H50N4O5Si/c1-29-39(24-13-30-11-16-33(17-12-30)43-42(48)32-14-18-34(49-2)19-15-32)51-40(41(29)52(4,5)36-22-20-35(50-3)21-23-36)25-26-46-27-38(44-45-46)37(28-47)31-9-7-6-8-10-31/h6-12,14-23,27,29,37,39-41,47H,13,24-26,28H2,1-5H3,(H,43,48)/t29-,37?,39+,40-,41+/m1/s1. The lowest BCUT2D eigenvalue weighted by Gasteiger charge is -2.36. The fourth-order valence-corrected chi connectivity index (χ4v) is 11.9. The highest BCUT2D eigenvalue weighted by Gasteiger charge is 2.50. The van der Waals surface area contributed by atoms with Crippen LogP contribution in [0.4, 0.5) is 5.69 Å². The van der Waals surface area contributed by atoms with Gasteiger partial charge >= 0.3 is 0 Å². The Labute approximate surface area is 308 Å². The Balaban J connectivity index is 1.13. The maximum atomic E-state index is 12.8. The summed E-state index contributed by atoms with van der Waals surface area (Å²) in [5.74, 6) is 1.57. The van der Waals surface area contributed by atoms with Gasteiger partial charge in [0.25, 0.3) is 5.91 Å². The lowest BCUT2D eigenvalue weighted by Crippen LogP contribution is -2.50. The third-order valence-electron chi connectivity index (χ3n) is 10.8. The molecule has 1 aliphatic rings. The number of hydrogen-bond acceptors (Lipinski definition) is 7. The first-order valence-electron chi connectivity index (χ1n) is 18.1. The van der Waals surface area contributed by atoms with Crippen LogP contribution in [0.15, 0.2) is 109 Å². The average molecular weight is 719 g/mol. The highest BCUT2D eigenvalue weighted by atomic mass is 28.3. The van der Waals surface area contributed by atoms with Crippen LogP contribution in [0.25, 0.3) is 0 Å². The molecule has 2 N–H and O–H groups in total. The minimum Gasteiger partial charge on any atom is -0.497 e. The summed E-state index contributed by atoms with van der Waals surface area (Å²) in [5.41, 5.74) is 4.72. The summed E-state index contributed by atoms with van der Waals surface area (Å²) in [6, 6.07) is 33.8. The third-order valence-corrected chi connectivity index (χ3v) is 15.2. The molecule has 0 spiro atoms. The van der Waals surface area contributed by atoms with Crippen LogP contribution in [0.5, 0.6) is 11.5 Å². The molecule has 0 radical (unpaired) electrons. The van der Waals surface area contributed by atoms with Crippen LogP contribution in [0.3, 0.4) is 0 Å². The smallest absolute Gasteiger partial charge is 0.255 e. The topological polar surface area (TPSA) is 108 Å². The predicted molar refractivity (Wildman–Crippen MR) is 207 cm³/mol. The second kappa shape index (κ2) is 16.7. The molecule has 0 aliphatic carbocycles. The molecule has 52 heavy (non-hydrogen) atoms. The van der Waals surface area contributed by atoms with Crippen LogP contribution in [0.1, 0.15) is 52.9 Å². The van der Waals surface area contributed by atoms with Gasteiger partial charge in [-0.05, 0) is 90.4 Å². The van der Waals surface area contributed by atoms with Crippen molar-refractivity contribution in [3.63, 3.8) is 0 Å². The van der Waals surface area contributed by atoms with E-state index in [-0.39, 0.29) is 30.6 Å². The van der Waals surface area contributed by atoms with Crippen LogP contribution in [-0.2, 0) is 17.7 Å². The van der Waals surface area contributed by atoms with E-state index in [1.165, 1.54) is 10.8 Å². The largest absolute Gasteiger partial charge is 0.497 e. The second-order valence-corrected chi connectivity index (χ2v) is 19.0. The first-order valence-corrected chi connectivity index (χ1v) is 21.2. The summed E-state index contributed by atoms with van der Waals surface area (Å²) in [6.07, 6.45) is 4.74. The number of carbonyl (C=O) groups excluding carboxylic acids is 1. The van der Waals surface area contributed by atoms with Crippen LogP contribution in [-0.4, -0.2) is 67.1 Å². The lowest BCUT2D eigenvalue weighted by molar-refractivity contribution is 0.0250. The van der Waals surface area contributed by atoms with Crippen molar-refractivity contribution < 1.29 is 24.1 Å². The molecule has 4 aromatic carbocycles. The monoisotopic (exact) mass is 718 g/mol. The van der Waals surface area contributed by atoms with Crippen molar-refractivity contribution in [2.45, 2.75) is 69.5 Å². The highest BCUT2D eigenvalue weighted by Crippen LogP contribution is 2.46. The molecule has 0 saturated carbocycles. The number of ether oxygens (including phenoxy) is 3. The molecular weight excluding hydrogens is 669 g/mol. The third kappa shape index (κ3) is 8.47. The van der Waals surface area contributed by atoms with Crippen molar-refractivity contribution in [3.8, 4) is 11.5 Å². The molecule has 2 heterocycles. The molecule has 9 nitrogen and oxygen atoms in total. The SMILES string of the molecule is COc1ccc(C(=O)Nc2ccc(CC[C@@H]3O[C@H](CCn4cc(C(CO)c5ccccc5)nn4)[C@@H]([Si](C)(C)c4ccc(OC)cc4)[C@@H]3C)cc2)cc1. The normalized spacial score (nSPS) is 19.3. The number of benzene rings is 4. The van der Waals surface area contributed by atoms with E-state index in [0.717, 1.165) is 42.0 Å². The van der Waals surface area contributed by atoms with Gasteiger partial charge in [0.15, 0.2) is 0 Å². The number of rotatable bonds is 15. The zero-order valence-corrected chi connectivity index (χ0v) is 31.7. The van der Waals surface area contributed by atoms with Gasteiger partial charge in [-0.25, -0.2) is 0 Å².